The number of halogens is 1. The van der Waals surface area contributed by atoms with Crippen molar-refractivity contribution in [2.24, 2.45) is 4.99 Å². The van der Waals surface area contributed by atoms with Gasteiger partial charge < -0.3 is 10.1 Å². The average molecular weight is 403 g/mol. The number of benzene rings is 2. The highest BCUT2D eigenvalue weighted by atomic mass is 79.9. The summed E-state index contributed by atoms with van der Waals surface area (Å²) in [5.74, 6) is 0.686. The topological polar surface area (TPSA) is 50.7 Å². The molecule has 0 bridgehead atoms. The number of nitrogens with one attached hydrogen (secondary N) is 1. The molecule has 1 saturated heterocycles. The van der Waals surface area contributed by atoms with Crippen molar-refractivity contribution < 1.29 is 9.53 Å². The number of thioether (sulfide) groups is 1. The Labute approximate surface area is 153 Å². The zero-order chi connectivity index (χ0) is 16.9. The first-order valence-electron chi connectivity index (χ1n) is 7.42. The second-order valence-electron chi connectivity index (χ2n) is 4.96. The maximum Gasteiger partial charge on any atom is 0.264 e. The second-order valence-corrected chi connectivity index (χ2v) is 6.91. The normalized spacial score (nSPS) is 17.3. The Kier molecular flexibility index (Phi) is 5.37. The molecular weight excluding hydrogens is 388 g/mol. The Morgan fingerprint density at radius 2 is 1.88 bits per heavy atom. The van der Waals surface area contributed by atoms with E-state index in [-0.39, 0.29) is 5.91 Å². The number of ether oxygens (including phenoxy) is 1. The molecule has 0 saturated carbocycles. The molecule has 0 atom stereocenters. The van der Waals surface area contributed by atoms with Crippen LogP contribution in [0.4, 0.5) is 5.69 Å². The standard InChI is InChI=1S/C18H15BrN2O2S/c1-2-23-15-9-3-12(4-10-15)11-16-17(22)21-18(24-16)20-14-7-5-13(19)6-8-14/h3-11H,2H2,1H3,(H,20,21,22). The van der Waals surface area contributed by atoms with Crippen LogP contribution >= 0.6 is 27.7 Å². The van der Waals surface area contributed by atoms with Crippen LogP contribution in [-0.2, 0) is 4.79 Å². The van der Waals surface area contributed by atoms with Gasteiger partial charge in [0.15, 0.2) is 5.17 Å². The number of amides is 1. The fraction of sp³-hybridized carbons (Fsp3) is 0.111. The lowest BCUT2D eigenvalue weighted by atomic mass is 10.2. The van der Waals surface area contributed by atoms with Crippen LogP contribution in [0.2, 0.25) is 0 Å². The van der Waals surface area contributed by atoms with Crippen LogP contribution in [0, 0.1) is 0 Å². The van der Waals surface area contributed by atoms with E-state index >= 15 is 0 Å². The van der Waals surface area contributed by atoms with Crippen molar-refractivity contribution >= 4 is 50.5 Å². The molecule has 0 unspecified atom stereocenters. The molecule has 4 nitrogen and oxygen atoms in total. The number of hydrogen-bond donors (Lipinski definition) is 1. The number of amidine groups is 1. The zero-order valence-electron chi connectivity index (χ0n) is 13.0. The number of aliphatic imine (C=N–C) groups is 1. The summed E-state index contributed by atoms with van der Waals surface area (Å²) in [6.45, 7) is 2.58. The molecule has 122 valence electrons. The summed E-state index contributed by atoms with van der Waals surface area (Å²) in [6.07, 6.45) is 1.85. The van der Waals surface area contributed by atoms with Crippen molar-refractivity contribution in [2.45, 2.75) is 6.92 Å². The minimum Gasteiger partial charge on any atom is -0.494 e. The predicted octanol–water partition coefficient (Wildman–Crippen LogP) is 4.74. The minimum atomic E-state index is -0.134. The third-order valence-electron chi connectivity index (χ3n) is 3.20. The lowest BCUT2D eigenvalue weighted by Gasteiger charge is -2.02. The van der Waals surface area contributed by atoms with Crippen LogP contribution in [0.5, 0.6) is 5.75 Å². The van der Waals surface area contributed by atoms with E-state index < -0.39 is 0 Å². The van der Waals surface area contributed by atoms with Gasteiger partial charge in [-0.05, 0) is 66.7 Å². The van der Waals surface area contributed by atoms with E-state index in [1.54, 1.807) is 0 Å². The molecule has 0 aromatic heterocycles. The Hall–Kier alpha value is -2.05. The van der Waals surface area contributed by atoms with Gasteiger partial charge in [-0.2, -0.15) is 0 Å². The van der Waals surface area contributed by atoms with Crippen LogP contribution in [0.3, 0.4) is 0 Å². The van der Waals surface area contributed by atoms with Gasteiger partial charge >= 0.3 is 0 Å². The van der Waals surface area contributed by atoms with E-state index in [4.69, 9.17) is 4.74 Å². The van der Waals surface area contributed by atoms with E-state index in [2.05, 4.69) is 26.2 Å². The number of carbonyl (C=O) groups excluding carboxylic acids is 1. The van der Waals surface area contributed by atoms with Gasteiger partial charge in [0.05, 0.1) is 17.2 Å². The van der Waals surface area contributed by atoms with Gasteiger partial charge in [0, 0.05) is 4.47 Å². The largest absolute Gasteiger partial charge is 0.494 e. The first-order valence-corrected chi connectivity index (χ1v) is 9.03. The molecule has 24 heavy (non-hydrogen) atoms. The Morgan fingerprint density at radius 1 is 1.17 bits per heavy atom. The fourth-order valence-electron chi connectivity index (χ4n) is 2.09. The van der Waals surface area contributed by atoms with E-state index in [0.717, 1.165) is 21.5 Å². The van der Waals surface area contributed by atoms with Crippen LogP contribution in [0.25, 0.3) is 6.08 Å². The summed E-state index contributed by atoms with van der Waals surface area (Å²) >= 11 is 4.72. The molecule has 6 heteroatoms. The van der Waals surface area contributed by atoms with Gasteiger partial charge in [-0.3, -0.25) is 4.79 Å². The summed E-state index contributed by atoms with van der Waals surface area (Å²) in [4.78, 5) is 17.2. The molecule has 0 radical (unpaired) electrons. The zero-order valence-corrected chi connectivity index (χ0v) is 15.4. The summed E-state index contributed by atoms with van der Waals surface area (Å²) in [5.41, 5.74) is 1.74. The number of rotatable bonds is 4. The molecule has 1 N–H and O–H groups in total. The van der Waals surface area contributed by atoms with Crippen LogP contribution in [0.15, 0.2) is 62.9 Å². The molecule has 0 aliphatic carbocycles. The highest BCUT2D eigenvalue weighted by Gasteiger charge is 2.23. The molecule has 2 aromatic carbocycles. The van der Waals surface area contributed by atoms with Crippen LogP contribution in [-0.4, -0.2) is 17.7 Å². The maximum atomic E-state index is 12.1. The monoisotopic (exact) mass is 402 g/mol. The Balaban J connectivity index is 1.75. The molecular formula is C18H15BrN2O2S. The molecule has 1 heterocycles. The average Bonchev–Trinajstić information content (AvgIpc) is 2.91. The summed E-state index contributed by atoms with van der Waals surface area (Å²) in [6, 6.07) is 15.2. The lowest BCUT2D eigenvalue weighted by Crippen LogP contribution is -2.19. The molecule has 1 fully saturated rings. The third-order valence-corrected chi connectivity index (χ3v) is 4.64. The lowest BCUT2D eigenvalue weighted by molar-refractivity contribution is -0.115. The maximum absolute atomic E-state index is 12.1. The van der Waals surface area contributed by atoms with Gasteiger partial charge in [-0.25, -0.2) is 4.99 Å². The quantitative estimate of drug-likeness (QED) is 0.751. The van der Waals surface area contributed by atoms with Crippen LogP contribution < -0.4 is 10.1 Å². The van der Waals surface area contributed by atoms with Crippen molar-refractivity contribution in [1.29, 1.82) is 0 Å². The number of nitrogens with zero attached hydrogens (tertiary/aromatic N) is 1. The van der Waals surface area contributed by atoms with Crippen molar-refractivity contribution in [1.82, 2.24) is 5.32 Å². The summed E-state index contributed by atoms with van der Waals surface area (Å²) in [7, 11) is 0. The molecule has 1 amide bonds. The van der Waals surface area contributed by atoms with E-state index in [0.29, 0.717) is 16.7 Å². The van der Waals surface area contributed by atoms with E-state index in [9.17, 15) is 4.79 Å². The van der Waals surface area contributed by atoms with Gasteiger partial charge in [0.25, 0.3) is 5.91 Å². The fourth-order valence-corrected chi connectivity index (χ4v) is 3.20. The second kappa shape index (κ2) is 7.68. The van der Waals surface area contributed by atoms with Crippen molar-refractivity contribution in [3.8, 4) is 5.75 Å². The van der Waals surface area contributed by atoms with Crippen molar-refractivity contribution in [2.75, 3.05) is 6.61 Å². The van der Waals surface area contributed by atoms with Gasteiger partial charge in [-0.15, -0.1) is 0 Å². The SMILES string of the molecule is CCOc1ccc(C=C2SC(=Nc3ccc(Br)cc3)NC2=O)cc1. The highest BCUT2D eigenvalue weighted by molar-refractivity contribution is 9.10. The van der Waals surface area contributed by atoms with Gasteiger partial charge in [0.1, 0.15) is 5.75 Å². The first kappa shape index (κ1) is 16.8. The Bertz CT molecular complexity index is 799. The summed E-state index contributed by atoms with van der Waals surface area (Å²) < 4.78 is 6.41. The van der Waals surface area contributed by atoms with Gasteiger partial charge in [-0.1, -0.05) is 28.1 Å². The van der Waals surface area contributed by atoms with Gasteiger partial charge in [0.2, 0.25) is 0 Å². The predicted molar refractivity (Wildman–Crippen MR) is 103 cm³/mol. The molecule has 2 aromatic rings. The molecule has 3 rings (SSSR count). The van der Waals surface area contributed by atoms with E-state index in [1.165, 1.54) is 11.8 Å². The smallest absolute Gasteiger partial charge is 0.264 e. The molecule has 1 aliphatic rings. The van der Waals surface area contributed by atoms with Crippen molar-refractivity contribution in [3.63, 3.8) is 0 Å². The first-order chi connectivity index (χ1) is 11.6. The minimum absolute atomic E-state index is 0.134. The molecule has 1 aliphatic heterocycles. The highest BCUT2D eigenvalue weighted by Crippen LogP contribution is 2.28. The molecule has 0 spiro atoms. The third kappa shape index (κ3) is 4.27. The summed E-state index contributed by atoms with van der Waals surface area (Å²) in [5, 5.41) is 3.37. The van der Waals surface area contributed by atoms with E-state index in [1.807, 2.05) is 61.5 Å². The number of carbonyl (C=O) groups is 1. The van der Waals surface area contributed by atoms with Crippen molar-refractivity contribution in [3.05, 3.63) is 63.5 Å². The number of hydrogen-bond acceptors (Lipinski definition) is 4. The Morgan fingerprint density at radius 3 is 2.54 bits per heavy atom. The van der Waals surface area contributed by atoms with Crippen LogP contribution in [0.1, 0.15) is 12.5 Å².